The minimum absolute atomic E-state index is 0. The number of halogens is 1. The number of rotatable bonds is 4. The Morgan fingerprint density at radius 2 is 2.06 bits per heavy atom. The van der Waals surface area contributed by atoms with Crippen molar-refractivity contribution in [1.82, 2.24) is 10.6 Å². The molecule has 1 heterocycles. The number of hydrogen-bond acceptors (Lipinski definition) is 4. The third-order valence-corrected chi connectivity index (χ3v) is 2.72. The minimum atomic E-state index is 0. The standard InChI is InChI=1S/C13H19N3O.HI/c1-10-4-3-5-11(2)12(10)17-9-8-16-13-14-6-7-15-13;/h3-5H,6-9H2,1-2H3,(H2,14,15,16);1H. The predicted octanol–water partition coefficient (Wildman–Crippen LogP) is 1.85. The Hall–Kier alpha value is -0.980. The van der Waals surface area contributed by atoms with Crippen molar-refractivity contribution in [2.75, 3.05) is 26.2 Å². The fourth-order valence-corrected chi connectivity index (χ4v) is 1.87. The average molecular weight is 361 g/mol. The van der Waals surface area contributed by atoms with Crippen LogP contribution in [0.1, 0.15) is 11.1 Å². The number of benzene rings is 1. The Bertz CT molecular complexity index is 400. The summed E-state index contributed by atoms with van der Waals surface area (Å²) in [6, 6.07) is 6.18. The van der Waals surface area contributed by atoms with Gasteiger partial charge in [-0.15, -0.1) is 24.0 Å². The predicted molar refractivity (Wildman–Crippen MR) is 85.1 cm³/mol. The molecule has 0 spiro atoms. The second-order valence-electron chi connectivity index (χ2n) is 4.15. The van der Waals surface area contributed by atoms with Crippen molar-refractivity contribution >= 4 is 29.9 Å². The van der Waals surface area contributed by atoms with Gasteiger partial charge in [-0.25, -0.2) is 0 Å². The smallest absolute Gasteiger partial charge is 0.191 e. The van der Waals surface area contributed by atoms with Gasteiger partial charge < -0.3 is 15.4 Å². The monoisotopic (exact) mass is 361 g/mol. The lowest BCUT2D eigenvalue weighted by Gasteiger charge is -2.12. The third-order valence-electron chi connectivity index (χ3n) is 2.72. The van der Waals surface area contributed by atoms with Crippen LogP contribution >= 0.6 is 24.0 Å². The highest BCUT2D eigenvalue weighted by atomic mass is 127. The quantitative estimate of drug-likeness (QED) is 0.636. The van der Waals surface area contributed by atoms with Crippen molar-refractivity contribution in [2.45, 2.75) is 13.8 Å². The van der Waals surface area contributed by atoms with Gasteiger partial charge in [0.15, 0.2) is 5.96 Å². The van der Waals surface area contributed by atoms with Crippen LogP contribution in [-0.2, 0) is 0 Å². The number of hydrogen-bond donors (Lipinski definition) is 2. The maximum absolute atomic E-state index is 5.78. The minimum Gasteiger partial charge on any atom is -0.491 e. The summed E-state index contributed by atoms with van der Waals surface area (Å²) in [5.74, 6) is 1.88. The summed E-state index contributed by atoms with van der Waals surface area (Å²) in [5.41, 5.74) is 2.36. The Labute approximate surface area is 125 Å². The Morgan fingerprint density at radius 3 is 2.67 bits per heavy atom. The van der Waals surface area contributed by atoms with E-state index in [4.69, 9.17) is 4.74 Å². The summed E-state index contributed by atoms with van der Waals surface area (Å²) in [6.45, 7) is 7.34. The van der Waals surface area contributed by atoms with Crippen LogP contribution in [0.25, 0.3) is 0 Å². The van der Waals surface area contributed by atoms with Crippen molar-refractivity contribution in [3.8, 4) is 5.75 Å². The molecule has 0 aliphatic carbocycles. The zero-order chi connectivity index (χ0) is 12.1. The molecule has 1 aliphatic rings. The number of aryl methyl sites for hydroxylation is 2. The summed E-state index contributed by atoms with van der Waals surface area (Å²) in [6.07, 6.45) is 0. The first-order chi connectivity index (χ1) is 8.27. The molecule has 0 fully saturated rings. The lowest BCUT2D eigenvalue weighted by molar-refractivity contribution is 0.318. The van der Waals surface area contributed by atoms with E-state index in [9.17, 15) is 0 Å². The van der Waals surface area contributed by atoms with Crippen LogP contribution in [0.3, 0.4) is 0 Å². The van der Waals surface area contributed by atoms with Crippen LogP contribution in [0.4, 0.5) is 0 Å². The van der Waals surface area contributed by atoms with Crippen LogP contribution < -0.4 is 15.4 Å². The highest BCUT2D eigenvalue weighted by Gasteiger charge is 2.05. The van der Waals surface area contributed by atoms with Crippen LogP contribution in [0.2, 0.25) is 0 Å². The van der Waals surface area contributed by atoms with Crippen molar-refractivity contribution < 1.29 is 4.74 Å². The molecule has 0 saturated carbocycles. The molecule has 0 aromatic heterocycles. The molecule has 0 saturated heterocycles. The fourth-order valence-electron chi connectivity index (χ4n) is 1.87. The van der Waals surface area contributed by atoms with E-state index in [-0.39, 0.29) is 24.0 Å². The topological polar surface area (TPSA) is 45.6 Å². The van der Waals surface area contributed by atoms with E-state index in [1.165, 1.54) is 11.1 Å². The maximum Gasteiger partial charge on any atom is 0.191 e. The number of para-hydroxylation sites is 1. The zero-order valence-corrected chi connectivity index (χ0v) is 13.2. The molecule has 0 unspecified atom stereocenters. The summed E-state index contributed by atoms with van der Waals surface area (Å²) in [4.78, 5) is 4.25. The zero-order valence-electron chi connectivity index (χ0n) is 10.8. The SMILES string of the molecule is Cc1cccc(C)c1OCCNC1=NCCN1.I. The molecule has 0 radical (unpaired) electrons. The van der Waals surface area contributed by atoms with E-state index in [2.05, 4.69) is 41.6 Å². The Balaban J connectivity index is 0.00000162. The largest absolute Gasteiger partial charge is 0.491 e. The molecule has 1 aromatic carbocycles. The first kappa shape index (κ1) is 15.1. The van der Waals surface area contributed by atoms with Gasteiger partial charge in [0.1, 0.15) is 12.4 Å². The second-order valence-corrected chi connectivity index (χ2v) is 4.15. The number of ether oxygens (including phenoxy) is 1. The van der Waals surface area contributed by atoms with Gasteiger partial charge in [-0.3, -0.25) is 4.99 Å². The van der Waals surface area contributed by atoms with Gasteiger partial charge in [0.05, 0.1) is 13.1 Å². The first-order valence-electron chi connectivity index (χ1n) is 5.98. The normalized spacial score (nSPS) is 13.3. The molecule has 2 N–H and O–H groups in total. The molecule has 1 aliphatic heterocycles. The second kappa shape index (κ2) is 7.45. The molecule has 100 valence electrons. The van der Waals surface area contributed by atoms with Gasteiger partial charge in [-0.05, 0) is 25.0 Å². The molecule has 5 heteroatoms. The molecule has 18 heavy (non-hydrogen) atoms. The first-order valence-corrected chi connectivity index (χ1v) is 5.98. The fraction of sp³-hybridized carbons (Fsp3) is 0.462. The van der Waals surface area contributed by atoms with Crippen LogP contribution in [-0.4, -0.2) is 32.2 Å². The number of guanidine groups is 1. The summed E-state index contributed by atoms with van der Waals surface area (Å²) < 4.78 is 5.78. The van der Waals surface area contributed by atoms with Gasteiger partial charge in [-0.2, -0.15) is 0 Å². The van der Waals surface area contributed by atoms with E-state index in [0.717, 1.165) is 31.3 Å². The molecular weight excluding hydrogens is 341 g/mol. The summed E-state index contributed by atoms with van der Waals surface area (Å²) in [5, 5.41) is 6.37. The molecule has 0 amide bonds. The van der Waals surface area contributed by atoms with Crippen molar-refractivity contribution in [2.24, 2.45) is 4.99 Å². The van der Waals surface area contributed by atoms with Crippen LogP contribution in [0.15, 0.2) is 23.2 Å². The number of aliphatic imine (C=N–C) groups is 1. The van der Waals surface area contributed by atoms with Crippen LogP contribution in [0, 0.1) is 13.8 Å². The lowest BCUT2D eigenvalue weighted by atomic mass is 10.1. The van der Waals surface area contributed by atoms with Gasteiger partial charge in [-0.1, -0.05) is 18.2 Å². The molecule has 4 nitrogen and oxygen atoms in total. The van der Waals surface area contributed by atoms with Gasteiger partial charge >= 0.3 is 0 Å². The Kier molecular flexibility index (Phi) is 6.24. The number of nitrogens with one attached hydrogen (secondary N) is 2. The van der Waals surface area contributed by atoms with Gasteiger partial charge in [0.2, 0.25) is 0 Å². The lowest BCUT2D eigenvalue weighted by Crippen LogP contribution is -2.36. The highest BCUT2D eigenvalue weighted by molar-refractivity contribution is 14.0. The van der Waals surface area contributed by atoms with Crippen LogP contribution in [0.5, 0.6) is 5.75 Å². The van der Waals surface area contributed by atoms with Gasteiger partial charge in [0.25, 0.3) is 0 Å². The summed E-state index contributed by atoms with van der Waals surface area (Å²) >= 11 is 0. The van der Waals surface area contributed by atoms with E-state index in [1.807, 2.05) is 6.07 Å². The van der Waals surface area contributed by atoms with E-state index in [0.29, 0.717) is 6.61 Å². The third kappa shape index (κ3) is 4.04. The molecule has 1 aromatic rings. The van der Waals surface area contributed by atoms with Crippen molar-refractivity contribution in [1.29, 1.82) is 0 Å². The highest BCUT2D eigenvalue weighted by Crippen LogP contribution is 2.21. The molecule has 0 bridgehead atoms. The molecule has 0 atom stereocenters. The van der Waals surface area contributed by atoms with Gasteiger partial charge in [0, 0.05) is 6.54 Å². The summed E-state index contributed by atoms with van der Waals surface area (Å²) in [7, 11) is 0. The van der Waals surface area contributed by atoms with Crippen molar-refractivity contribution in [3.05, 3.63) is 29.3 Å². The maximum atomic E-state index is 5.78. The molecule has 2 rings (SSSR count). The number of nitrogens with zero attached hydrogens (tertiary/aromatic N) is 1. The van der Waals surface area contributed by atoms with E-state index < -0.39 is 0 Å². The van der Waals surface area contributed by atoms with E-state index >= 15 is 0 Å². The Morgan fingerprint density at radius 1 is 1.33 bits per heavy atom. The average Bonchev–Trinajstić information content (AvgIpc) is 2.80. The van der Waals surface area contributed by atoms with Crippen molar-refractivity contribution in [3.63, 3.8) is 0 Å². The molecular formula is C13H20IN3O. The van der Waals surface area contributed by atoms with E-state index in [1.54, 1.807) is 0 Å².